The van der Waals surface area contributed by atoms with E-state index in [2.05, 4.69) is 61.8 Å². The molecule has 0 radical (unpaired) electrons. The fourth-order valence-electron chi connectivity index (χ4n) is 2.96. The predicted molar refractivity (Wildman–Crippen MR) is 143 cm³/mol. The molecule has 0 aliphatic carbocycles. The Hall–Kier alpha value is -1.65. The highest BCUT2D eigenvalue weighted by Gasteiger charge is 2.09. The van der Waals surface area contributed by atoms with Gasteiger partial charge in [-0.25, -0.2) is 5.43 Å². The van der Waals surface area contributed by atoms with Gasteiger partial charge in [-0.05, 0) is 106 Å². The van der Waals surface area contributed by atoms with E-state index in [1.807, 2.05) is 62.4 Å². The van der Waals surface area contributed by atoms with Crippen molar-refractivity contribution in [2.75, 3.05) is 0 Å². The van der Waals surface area contributed by atoms with Crippen molar-refractivity contribution in [3.05, 3.63) is 94.6 Å². The minimum absolute atomic E-state index is 0.143. The average Bonchev–Trinajstić information content (AvgIpc) is 2.71. The molecule has 3 rings (SSSR count). The topological polar surface area (TPSA) is 50.7 Å². The summed E-state index contributed by atoms with van der Waals surface area (Å²) in [5.74, 6) is 0.683. The fraction of sp³-hybridized carbons (Fsp3) is 0.167. The molecule has 3 aromatic rings. The first-order chi connectivity index (χ1) is 14.8. The van der Waals surface area contributed by atoms with Gasteiger partial charge in [-0.1, -0.05) is 47.5 Å². The summed E-state index contributed by atoms with van der Waals surface area (Å²) >= 11 is 10.4. The number of nitrogens with zero attached hydrogens (tertiary/aromatic N) is 1. The Morgan fingerprint density at radius 2 is 1.74 bits per heavy atom. The lowest BCUT2D eigenvalue weighted by molar-refractivity contribution is -0.120. The number of hydrogen-bond acceptors (Lipinski definition) is 3. The number of ether oxygens (including phenoxy) is 1. The second-order valence-electron chi connectivity index (χ2n) is 7.13. The van der Waals surface area contributed by atoms with Gasteiger partial charge in [-0.3, -0.25) is 4.79 Å². The third kappa shape index (κ3) is 7.18. The van der Waals surface area contributed by atoms with Gasteiger partial charge in [0.25, 0.3) is 0 Å². The molecule has 0 saturated carbocycles. The molecule has 160 valence electrons. The van der Waals surface area contributed by atoms with Crippen molar-refractivity contribution in [2.24, 2.45) is 5.10 Å². The molecule has 0 heterocycles. The monoisotopic (exact) mass is 658 g/mol. The van der Waals surface area contributed by atoms with Crippen LogP contribution >= 0.6 is 56.8 Å². The van der Waals surface area contributed by atoms with Gasteiger partial charge >= 0.3 is 0 Å². The summed E-state index contributed by atoms with van der Waals surface area (Å²) in [5, 5.41) is 4.82. The third-order valence-electron chi connectivity index (χ3n) is 4.57. The van der Waals surface area contributed by atoms with E-state index in [-0.39, 0.29) is 5.91 Å². The minimum Gasteiger partial charge on any atom is -0.487 e. The van der Waals surface area contributed by atoms with Crippen LogP contribution in [0.15, 0.2) is 59.7 Å². The van der Waals surface area contributed by atoms with Crippen LogP contribution in [0.4, 0.5) is 0 Å². The normalized spacial score (nSPS) is 11.0. The molecule has 0 atom stereocenters. The molecule has 0 aliphatic heterocycles. The Balaban J connectivity index is 1.59. The van der Waals surface area contributed by atoms with Crippen LogP contribution in [0.2, 0.25) is 5.02 Å². The number of hydrazone groups is 1. The lowest BCUT2D eigenvalue weighted by Gasteiger charge is -2.11. The van der Waals surface area contributed by atoms with Gasteiger partial charge in [0.2, 0.25) is 5.91 Å². The molecule has 0 unspecified atom stereocenters. The molecule has 0 fully saturated rings. The molecule has 3 aromatic carbocycles. The van der Waals surface area contributed by atoms with E-state index in [1.54, 1.807) is 6.21 Å². The maximum atomic E-state index is 12.2. The SMILES string of the molecule is Cc1ccc(CC(=O)N/N=C\c2cc(I)c(OCc3ccc(Cl)cc3)c(I)c2)c(C)c1. The summed E-state index contributed by atoms with van der Waals surface area (Å²) in [6, 6.07) is 17.6. The highest BCUT2D eigenvalue weighted by molar-refractivity contribution is 14.1. The number of rotatable bonds is 7. The second kappa shape index (κ2) is 11.3. The maximum Gasteiger partial charge on any atom is 0.244 e. The summed E-state index contributed by atoms with van der Waals surface area (Å²) in [6.07, 6.45) is 1.95. The number of halogens is 3. The van der Waals surface area contributed by atoms with Crippen LogP contribution in [0.3, 0.4) is 0 Å². The summed E-state index contributed by atoms with van der Waals surface area (Å²) in [6.45, 7) is 4.52. The first kappa shape index (κ1) is 24.0. The van der Waals surface area contributed by atoms with Gasteiger partial charge < -0.3 is 4.74 Å². The zero-order valence-electron chi connectivity index (χ0n) is 17.1. The number of hydrogen-bond donors (Lipinski definition) is 1. The molecule has 4 nitrogen and oxygen atoms in total. The van der Waals surface area contributed by atoms with Crippen molar-refractivity contribution in [1.82, 2.24) is 5.43 Å². The number of aryl methyl sites for hydroxylation is 2. The predicted octanol–water partition coefficient (Wildman–Crippen LogP) is 6.44. The van der Waals surface area contributed by atoms with E-state index in [4.69, 9.17) is 16.3 Å². The Labute approximate surface area is 214 Å². The first-order valence-electron chi connectivity index (χ1n) is 9.56. The second-order valence-corrected chi connectivity index (χ2v) is 9.89. The number of amides is 1. The summed E-state index contributed by atoms with van der Waals surface area (Å²) in [4.78, 5) is 12.2. The zero-order chi connectivity index (χ0) is 22.4. The first-order valence-corrected chi connectivity index (χ1v) is 12.1. The van der Waals surface area contributed by atoms with Gasteiger partial charge in [-0.2, -0.15) is 5.10 Å². The molecular weight excluding hydrogens is 638 g/mol. The van der Waals surface area contributed by atoms with Crippen molar-refractivity contribution in [1.29, 1.82) is 0 Å². The Morgan fingerprint density at radius 3 is 2.39 bits per heavy atom. The van der Waals surface area contributed by atoms with E-state index in [0.29, 0.717) is 18.1 Å². The maximum absolute atomic E-state index is 12.2. The lowest BCUT2D eigenvalue weighted by atomic mass is 10.0. The van der Waals surface area contributed by atoms with Crippen LogP contribution in [-0.4, -0.2) is 12.1 Å². The van der Waals surface area contributed by atoms with Crippen LogP contribution in [0, 0.1) is 21.0 Å². The number of carbonyl (C=O) groups excluding carboxylic acids is 1. The smallest absolute Gasteiger partial charge is 0.244 e. The van der Waals surface area contributed by atoms with Gasteiger partial charge in [0.15, 0.2) is 0 Å². The standard InChI is InChI=1S/C24H21ClI2N2O2/c1-15-3-6-19(16(2)9-15)12-23(30)29-28-13-18-10-21(26)24(22(27)11-18)31-14-17-4-7-20(25)8-5-17/h3-11,13H,12,14H2,1-2H3,(H,29,30)/b28-13-. The van der Waals surface area contributed by atoms with E-state index in [0.717, 1.165) is 35.1 Å². The van der Waals surface area contributed by atoms with E-state index in [9.17, 15) is 4.79 Å². The molecule has 31 heavy (non-hydrogen) atoms. The molecule has 0 saturated heterocycles. The van der Waals surface area contributed by atoms with Crippen LogP contribution < -0.4 is 10.2 Å². The van der Waals surface area contributed by atoms with E-state index < -0.39 is 0 Å². The van der Waals surface area contributed by atoms with E-state index >= 15 is 0 Å². The lowest BCUT2D eigenvalue weighted by Crippen LogP contribution is -2.20. The highest BCUT2D eigenvalue weighted by Crippen LogP contribution is 2.29. The zero-order valence-corrected chi connectivity index (χ0v) is 22.2. The van der Waals surface area contributed by atoms with Crippen LogP contribution in [0.25, 0.3) is 0 Å². The summed E-state index contributed by atoms with van der Waals surface area (Å²) in [5.41, 5.74) is 7.85. The quantitative estimate of drug-likeness (QED) is 0.181. The average molecular weight is 659 g/mol. The Morgan fingerprint density at radius 1 is 1.06 bits per heavy atom. The van der Waals surface area contributed by atoms with Crippen LogP contribution in [-0.2, 0) is 17.8 Å². The fourth-order valence-corrected chi connectivity index (χ4v) is 5.22. The molecular formula is C24H21ClI2N2O2. The molecule has 0 aromatic heterocycles. The number of benzene rings is 3. The van der Waals surface area contributed by atoms with Crippen LogP contribution in [0.1, 0.15) is 27.8 Å². The Kier molecular flexibility index (Phi) is 8.74. The van der Waals surface area contributed by atoms with Crippen LogP contribution in [0.5, 0.6) is 5.75 Å². The largest absolute Gasteiger partial charge is 0.487 e. The number of carbonyl (C=O) groups is 1. The molecule has 1 amide bonds. The molecule has 0 bridgehead atoms. The van der Waals surface area contributed by atoms with Crippen molar-refractivity contribution >= 4 is 68.9 Å². The van der Waals surface area contributed by atoms with Gasteiger partial charge in [-0.15, -0.1) is 0 Å². The van der Waals surface area contributed by atoms with Gasteiger partial charge in [0.1, 0.15) is 12.4 Å². The van der Waals surface area contributed by atoms with Gasteiger partial charge in [0.05, 0.1) is 19.8 Å². The summed E-state index contributed by atoms with van der Waals surface area (Å²) in [7, 11) is 0. The van der Waals surface area contributed by atoms with Crippen molar-refractivity contribution in [2.45, 2.75) is 26.9 Å². The van der Waals surface area contributed by atoms with Crippen molar-refractivity contribution in [3.8, 4) is 5.75 Å². The Bertz CT molecular complexity index is 1090. The van der Waals surface area contributed by atoms with Crippen molar-refractivity contribution in [3.63, 3.8) is 0 Å². The summed E-state index contributed by atoms with van der Waals surface area (Å²) < 4.78 is 7.95. The highest BCUT2D eigenvalue weighted by atomic mass is 127. The minimum atomic E-state index is -0.143. The molecule has 0 aliphatic rings. The molecule has 1 N–H and O–H groups in total. The molecule has 0 spiro atoms. The van der Waals surface area contributed by atoms with Crippen molar-refractivity contribution < 1.29 is 9.53 Å². The van der Waals surface area contributed by atoms with Gasteiger partial charge in [0, 0.05) is 5.02 Å². The number of nitrogens with one attached hydrogen (secondary N) is 1. The molecule has 7 heteroatoms. The van der Waals surface area contributed by atoms with E-state index in [1.165, 1.54) is 5.56 Å². The third-order valence-corrected chi connectivity index (χ3v) is 6.42.